The molecular weight excluding hydrogens is 366 g/mol. The third kappa shape index (κ3) is 3.67. The van der Waals surface area contributed by atoms with Crippen LogP contribution in [0.3, 0.4) is 0 Å². The molecule has 0 saturated carbocycles. The van der Waals surface area contributed by atoms with Gasteiger partial charge in [0.25, 0.3) is 5.56 Å². The predicted molar refractivity (Wildman–Crippen MR) is 110 cm³/mol. The number of amides is 1. The molecule has 4 aromatic rings. The number of fused-ring (bicyclic) bond motifs is 1. The molecule has 7 nitrogen and oxygen atoms in total. The Kier molecular flexibility index (Phi) is 4.95. The van der Waals surface area contributed by atoms with E-state index < -0.39 is 6.04 Å². The third-order valence-electron chi connectivity index (χ3n) is 4.92. The van der Waals surface area contributed by atoms with E-state index in [4.69, 9.17) is 0 Å². The molecule has 7 heteroatoms. The molecule has 2 aromatic carbocycles. The minimum absolute atomic E-state index is 0.122. The molecule has 2 heterocycles. The highest BCUT2D eigenvalue weighted by Crippen LogP contribution is 2.20. The number of hydrogen-bond acceptors (Lipinski definition) is 4. The second-order valence-electron chi connectivity index (χ2n) is 6.96. The standard InChI is InChI=1S/C22H21N5O2/c1-15-7-6-10-17-19(15)24-14-27(22(17)29)13-18(28)25-20(16-8-4-3-5-9-16)21-23-11-12-26(21)2/h3-12,14,20H,13H2,1-2H3,(H,25,28). The summed E-state index contributed by atoms with van der Waals surface area (Å²) in [5.74, 6) is 0.418. The number of para-hydroxylation sites is 1. The Morgan fingerprint density at radius 1 is 1.10 bits per heavy atom. The maximum atomic E-state index is 12.8. The number of aromatic nitrogens is 4. The molecule has 0 saturated heterocycles. The van der Waals surface area contributed by atoms with Crippen LogP contribution in [0.15, 0.2) is 72.0 Å². The summed E-state index contributed by atoms with van der Waals surface area (Å²) in [6.07, 6.45) is 4.95. The Balaban J connectivity index is 1.62. The summed E-state index contributed by atoms with van der Waals surface area (Å²) in [5, 5.41) is 3.51. The first-order valence-electron chi connectivity index (χ1n) is 9.31. The average molecular weight is 387 g/mol. The largest absolute Gasteiger partial charge is 0.341 e. The van der Waals surface area contributed by atoms with Crippen LogP contribution in [0.2, 0.25) is 0 Å². The summed E-state index contributed by atoms with van der Waals surface area (Å²) < 4.78 is 3.20. The molecule has 4 rings (SSSR count). The molecular formula is C22H21N5O2. The molecule has 0 bridgehead atoms. The third-order valence-corrected chi connectivity index (χ3v) is 4.92. The molecule has 0 fully saturated rings. The Morgan fingerprint density at radius 2 is 1.90 bits per heavy atom. The summed E-state index contributed by atoms with van der Waals surface area (Å²) in [4.78, 5) is 34.4. The van der Waals surface area contributed by atoms with Crippen molar-refractivity contribution in [3.8, 4) is 0 Å². The number of aryl methyl sites for hydroxylation is 2. The lowest BCUT2D eigenvalue weighted by Gasteiger charge is -2.19. The van der Waals surface area contributed by atoms with Crippen LogP contribution in [0.1, 0.15) is 23.0 Å². The summed E-state index contributed by atoms with van der Waals surface area (Å²) in [6.45, 7) is 1.78. The molecule has 0 aliphatic heterocycles. The number of nitrogens with zero attached hydrogens (tertiary/aromatic N) is 4. The number of nitrogens with one attached hydrogen (secondary N) is 1. The van der Waals surface area contributed by atoms with Crippen LogP contribution in [-0.2, 0) is 18.4 Å². The quantitative estimate of drug-likeness (QED) is 0.570. The highest BCUT2D eigenvalue weighted by atomic mass is 16.2. The first-order chi connectivity index (χ1) is 14.0. The van der Waals surface area contributed by atoms with E-state index in [-0.39, 0.29) is 18.0 Å². The van der Waals surface area contributed by atoms with Crippen molar-refractivity contribution in [1.29, 1.82) is 0 Å². The summed E-state index contributed by atoms with van der Waals surface area (Å²) >= 11 is 0. The second kappa shape index (κ2) is 7.71. The first-order valence-corrected chi connectivity index (χ1v) is 9.31. The Labute approximate surface area is 167 Å². The molecule has 1 unspecified atom stereocenters. The lowest BCUT2D eigenvalue weighted by molar-refractivity contribution is -0.122. The van der Waals surface area contributed by atoms with Crippen molar-refractivity contribution in [1.82, 2.24) is 24.4 Å². The van der Waals surface area contributed by atoms with Gasteiger partial charge >= 0.3 is 0 Å². The number of carbonyl (C=O) groups excluding carboxylic acids is 1. The normalized spacial score (nSPS) is 12.1. The molecule has 0 spiro atoms. The SMILES string of the molecule is Cc1cccc2c(=O)n(CC(=O)NC(c3ccccc3)c3nccn3C)cnc12. The first kappa shape index (κ1) is 18.6. The Morgan fingerprint density at radius 3 is 2.62 bits per heavy atom. The van der Waals surface area contributed by atoms with Gasteiger partial charge in [0.1, 0.15) is 18.4 Å². The Bertz CT molecular complexity index is 1230. The lowest BCUT2D eigenvalue weighted by Crippen LogP contribution is -2.36. The van der Waals surface area contributed by atoms with Gasteiger partial charge in [-0.25, -0.2) is 9.97 Å². The minimum atomic E-state index is -0.421. The fourth-order valence-electron chi connectivity index (χ4n) is 3.41. The van der Waals surface area contributed by atoms with E-state index in [9.17, 15) is 9.59 Å². The molecule has 1 atom stereocenters. The van der Waals surface area contributed by atoms with Crippen molar-refractivity contribution < 1.29 is 4.79 Å². The van der Waals surface area contributed by atoms with Gasteiger partial charge in [0.2, 0.25) is 5.91 Å². The molecule has 146 valence electrons. The van der Waals surface area contributed by atoms with Crippen LogP contribution in [-0.4, -0.2) is 25.0 Å². The monoisotopic (exact) mass is 387 g/mol. The number of hydrogen-bond donors (Lipinski definition) is 1. The molecule has 0 aliphatic carbocycles. The smallest absolute Gasteiger partial charge is 0.261 e. The zero-order chi connectivity index (χ0) is 20.4. The van der Waals surface area contributed by atoms with Crippen LogP contribution in [0.4, 0.5) is 0 Å². The Hall–Kier alpha value is -3.74. The van der Waals surface area contributed by atoms with Gasteiger partial charge in [0.15, 0.2) is 0 Å². The van der Waals surface area contributed by atoms with Crippen LogP contribution in [0.5, 0.6) is 0 Å². The maximum Gasteiger partial charge on any atom is 0.261 e. The lowest BCUT2D eigenvalue weighted by atomic mass is 10.1. The number of benzene rings is 2. The van der Waals surface area contributed by atoms with Gasteiger partial charge in [0.05, 0.1) is 17.2 Å². The summed E-state index contributed by atoms with van der Waals surface area (Å²) in [5.41, 5.74) is 2.26. The van der Waals surface area contributed by atoms with Gasteiger partial charge in [0, 0.05) is 19.4 Å². The molecule has 0 aliphatic rings. The van der Waals surface area contributed by atoms with Crippen LogP contribution >= 0.6 is 0 Å². The van der Waals surface area contributed by atoms with Crippen molar-refractivity contribution in [3.05, 3.63) is 94.6 Å². The fraction of sp³-hybridized carbons (Fsp3) is 0.182. The zero-order valence-electron chi connectivity index (χ0n) is 16.2. The van der Waals surface area contributed by atoms with Crippen molar-refractivity contribution in [3.63, 3.8) is 0 Å². The summed E-state index contributed by atoms with van der Waals surface area (Å²) in [6, 6.07) is 14.7. The molecule has 2 aromatic heterocycles. The highest BCUT2D eigenvalue weighted by molar-refractivity contribution is 5.81. The van der Waals surface area contributed by atoms with Crippen LogP contribution < -0.4 is 10.9 Å². The van der Waals surface area contributed by atoms with E-state index in [1.807, 2.05) is 67.2 Å². The van der Waals surface area contributed by atoms with Crippen molar-refractivity contribution >= 4 is 16.8 Å². The van der Waals surface area contributed by atoms with E-state index in [0.717, 1.165) is 11.1 Å². The minimum Gasteiger partial charge on any atom is -0.341 e. The van der Waals surface area contributed by atoms with Gasteiger partial charge < -0.3 is 9.88 Å². The second-order valence-corrected chi connectivity index (χ2v) is 6.96. The molecule has 1 amide bonds. The number of imidazole rings is 1. The predicted octanol–water partition coefficient (Wildman–Crippen LogP) is 2.34. The number of carbonyl (C=O) groups is 1. The zero-order valence-corrected chi connectivity index (χ0v) is 16.2. The number of rotatable bonds is 5. The van der Waals surface area contributed by atoms with E-state index in [1.165, 1.54) is 10.9 Å². The highest BCUT2D eigenvalue weighted by Gasteiger charge is 2.21. The topological polar surface area (TPSA) is 81.8 Å². The molecule has 29 heavy (non-hydrogen) atoms. The van der Waals surface area contributed by atoms with Crippen LogP contribution in [0, 0.1) is 6.92 Å². The summed E-state index contributed by atoms with van der Waals surface area (Å²) in [7, 11) is 1.88. The molecule has 0 radical (unpaired) electrons. The van der Waals surface area contributed by atoms with Crippen LogP contribution in [0.25, 0.3) is 10.9 Å². The van der Waals surface area contributed by atoms with Crippen molar-refractivity contribution in [2.75, 3.05) is 0 Å². The van der Waals surface area contributed by atoms with Gasteiger partial charge in [-0.05, 0) is 24.1 Å². The van der Waals surface area contributed by atoms with Crippen molar-refractivity contribution in [2.24, 2.45) is 7.05 Å². The average Bonchev–Trinajstić information content (AvgIpc) is 3.15. The van der Waals surface area contributed by atoms with Gasteiger partial charge in [-0.3, -0.25) is 14.2 Å². The van der Waals surface area contributed by atoms with Gasteiger partial charge in [-0.1, -0.05) is 42.5 Å². The molecule has 1 N–H and O–H groups in total. The van der Waals surface area contributed by atoms with E-state index in [1.54, 1.807) is 12.3 Å². The van der Waals surface area contributed by atoms with E-state index in [2.05, 4.69) is 15.3 Å². The van der Waals surface area contributed by atoms with Gasteiger partial charge in [-0.2, -0.15) is 0 Å². The van der Waals surface area contributed by atoms with E-state index >= 15 is 0 Å². The fourth-order valence-corrected chi connectivity index (χ4v) is 3.41. The van der Waals surface area contributed by atoms with Gasteiger partial charge in [-0.15, -0.1) is 0 Å². The maximum absolute atomic E-state index is 12.8. The van der Waals surface area contributed by atoms with Crippen molar-refractivity contribution in [2.45, 2.75) is 19.5 Å². The van der Waals surface area contributed by atoms with E-state index in [0.29, 0.717) is 16.7 Å².